The third-order valence-electron chi connectivity index (χ3n) is 3.52. The highest BCUT2D eigenvalue weighted by Crippen LogP contribution is 2.24. The van der Waals surface area contributed by atoms with E-state index in [9.17, 15) is 4.79 Å². The molecule has 1 fully saturated rings. The second kappa shape index (κ2) is 3.85. The van der Waals surface area contributed by atoms with E-state index >= 15 is 0 Å². The first-order chi connectivity index (χ1) is 7.49. The number of aryl methyl sites for hydroxylation is 1. The maximum atomic E-state index is 12.2. The minimum Gasteiger partial charge on any atom is -0.397 e. The first-order valence-electron chi connectivity index (χ1n) is 5.70. The topological polar surface area (TPSA) is 51.3 Å². The van der Waals surface area contributed by atoms with Crippen molar-refractivity contribution < 1.29 is 4.79 Å². The standard InChI is InChI=1S/C12H19N3O/c1-8-5-15(6-9(8)2)12(16)11-4-10(13)7-14(11)3/h4,7-9H,5-6,13H2,1-3H3. The Balaban J connectivity index is 2.17. The third kappa shape index (κ3) is 1.79. The van der Waals surface area contributed by atoms with Crippen molar-refractivity contribution in [2.45, 2.75) is 13.8 Å². The Morgan fingerprint density at radius 3 is 2.38 bits per heavy atom. The number of amides is 1. The van der Waals surface area contributed by atoms with Gasteiger partial charge in [-0.2, -0.15) is 0 Å². The van der Waals surface area contributed by atoms with E-state index in [0.717, 1.165) is 13.1 Å². The summed E-state index contributed by atoms with van der Waals surface area (Å²) in [7, 11) is 1.85. The molecular weight excluding hydrogens is 202 g/mol. The number of hydrogen-bond donors (Lipinski definition) is 1. The van der Waals surface area contributed by atoms with Crippen LogP contribution in [0.25, 0.3) is 0 Å². The lowest BCUT2D eigenvalue weighted by molar-refractivity contribution is 0.0775. The molecule has 0 aliphatic carbocycles. The lowest BCUT2D eigenvalue weighted by Crippen LogP contribution is -2.30. The van der Waals surface area contributed by atoms with Crippen LogP contribution in [-0.2, 0) is 7.05 Å². The molecule has 1 aromatic heterocycles. The van der Waals surface area contributed by atoms with Gasteiger partial charge in [-0.3, -0.25) is 4.79 Å². The second-order valence-corrected chi connectivity index (χ2v) is 4.93. The van der Waals surface area contributed by atoms with Crippen LogP contribution in [0.1, 0.15) is 24.3 Å². The van der Waals surface area contributed by atoms with E-state index in [2.05, 4.69) is 13.8 Å². The molecule has 2 N–H and O–H groups in total. The number of rotatable bonds is 1. The first kappa shape index (κ1) is 11.0. The quantitative estimate of drug-likeness (QED) is 0.778. The van der Waals surface area contributed by atoms with Crippen molar-refractivity contribution in [3.63, 3.8) is 0 Å². The zero-order valence-electron chi connectivity index (χ0n) is 10.1. The number of hydrogen-bond acceptors (Lipinski definition) is 2. The lowest BCUT2D eigenvalue weighted by atomic mass is 10.0. The molecule has 0 bridgehead atoms. The maximum Gasteiger partial charge on any atom is 0.270 e. The van der Waals surface area contributed by atoms with Crippen molar-refractivity contribution in [3.8, 4) is 0 Å². The molecule has 88 valence electrons. The third-order valence-corrected chi connectivity index (χ3v) is 3.52. The summed E-state index contributed by atoms with van der Waals surface area (Å²) in [4.78, 5) is 14.1. The molecule has 16 heavy (non-hydrogen) atoms. The Morgan fingerprint density at radius 1 is 1.38 bits per heavy atom. The summed E-state index contributed by atoms with van der Waals surface area (Å²) in [5, 5.41) is 0. The normalized spacial score (nSPS) is 25.1. The molecular formula is C12H19N3O. The molecule has 4 nitrogen and oxygen atoms in total. The Morgan fingerprint density at radius 2 is 1.94 bits per heavy atom. The van der Waals surface area contributed by atoms with Crippen molar-refractivity contribution in [2.24, 2.45) is 18.9 Å². The van der Waals surface area contributed by atoms with Crippen LogP contribution < -0.4 is 5.73 Å². The van der Waals surface area contributed by atoms with Gasteiger partial charge in [0.1, 0.15) is 5.69 Å². The Kier molecular flexibility index (Phi) is 2.66. The van der Waals surface area contributed by atoms with E-state index in [1.54, 1.807) is 16.8 Å². The van der Waals surface area contributed by atoms with Gasteiger partial charge in [-0.1, -0.05) is 13.8 Å². The fourth-order valence-electron chi connectivity index (χ4n) is 2.26. The number of likely N-dealkylation sites (tertiary alicyclic amines) is 1. The van der Waals surface area contributed by atoms with Gasteiger partial charge in [0.05, 0.1) is 5.69 Å². The van der Waals surface area contributed by atoms with E-state index < -0.39 is 0 Å². The van der Waals surface area contributed by atoms with Crippen molar-refractivity contribution in [1.82, 2.24) is 9.47 Å². The molecule has 1 amide bonds. The molecule has 0 radical (unpaired) electrons. The summed E-state index contributed by atoms with van der Waals surface area (Å²) in [6.45, 7) is 6.09. The maximum absolute atomic E-state index is 12.2. The van der Waals surface area contributed by atoms with Gasteiger partial charge in [0, 0.05) is 26.3 Å². The van der Waals surface area contributed by atoms with Gasteiger partial charge in [0.2, 0.25) is 0 Å². The van der Waals surface area contributed by atoms with E-state index in [1.807, 2.05) is 11.9 Å². The highest BCUT2D eigenvalue weighted by molar-refractivity contribution is 5.94. The molecule has 2 unspecified atom stereocenters. The number of nitrogens with two attached hydrogens (primary N) is 1. The van der Waals surface area contributed by atoms with Crippen LogP contribution in [0.5, 0.6) is 0 Å². The zero-order valence-corrected chi connectivity index (χ0v) is 10.1. The fraction of sp³-hybridized carbons (Fsp3) is 0.583. The Labute approximate surface area is 96.0 Å². The highest BCUT2D eigenvalue weighted by atomic mass is 16.2. The van der Waals surface area contributed by atoms with E-state index in [0.29, 0.717) is 23.2 Å². The molecule has 1 aliphatic rings. The number of carbonyl (C=O) groups excluding carboxylic acids is 1. The van der Waals surface area contributed by atoms with Crippen molar-refractivity contribution >= 4 is 11.6 Å². The van der Waals surface area contributed by atoms with Crippen LogP contribution in [0.15, 0.2) is 12.3 Å². The summed E-state index contributed by atoms with van der Waals surface area (Å²) in [6, 6.07) is 1.75. The summed E-state index contributed by atoms with van der Waals surface area (Å²) < 4.78 is 1.80. The number of nitrogen functional groups attached to an aromatic ring is 1. The summed E-state index contributed by atoms with van der Waals surface area (Å²) >= 11 is 0. The van der Waals surface area contributed by atoms with Gasteiger partial charge < -0.3 is 15.2 Å². The van der Waals surface area contributed by atoms with Gasteiger partial charge in [-0.15, -0.1) is 0 Å². The van der Waals surface area contributed by atoms with E-state index in [1.165, 1.54) is 0 Å². The average molecular weight is 221 g/mol. The van der Waals surface area contributed by atoms with Gasteiger partial charge in [0.15, 0.2) is 0 Å². The molecule has 2 heterocycles. The molecule has 0 spiro atoms. The van der Waals surface area contributed by atoms with Crippen LogP contribution in [0.3, 0.4) is 0 Å². The highest BCUT2D eigenvalue weighted by Gasteiger charge is 2.30. The van der Waals surface area contributed by atoms with Crippen LogP contribution in [0, 0.1) is 11.8 Å². The largest absolute Gasteiger partial charge is 0.397 e. The molecule has 0 aromatic carbocycles. The van der Waals surface area contributed by atoms with Gasteiger partial charge in [-0.05, 0) is 17.9 Å². The molecule has 1 aliphatic heterocycles. The summed E-state index contributed by atoms with van der Waals surface area (Å²) in [6.07, 6.45) is 1.77. The average Bonchev–Trinajstić information content (AvgIpc) is 2.70. The summed E-state index contributed by atoms with van der Waals surface area (Å²) in [5.74, 6) is 1.26. The molecule has 2 atom stereocenters. The van der Waals surface area contributed by atoms with Crippen molar-refractivity contribution in [3.05, 3.63) is 18.0 Å². The number of nitrogens with zero attached hydrogens (tertiary/aromatic N) is 2. The van der Waals surface area contributed by atoms with Crippen LogP contribution in [0.2, 0.25) is 0 Å². The van der Waals surface area contributed by atoms with E-state index in [-0.39, 0.29) is 5.91 Å². The monoisotopic (exact) mass is 221 g/mol. The second-order valence-electron chi connectivity index (χ2n) is 4.93. The zero-order chi connectivity index (χ0) is 11.9. The number of aromatic nitrogens is 1. The minimum atomic E-state index is 0.0930. The van der Waals surface area contributed by atoms with Crippen molar-refractivity contribution in [1.29, 1.82) is 0 Å². The Hall–Kier alpha value is -1.45. The number of carbonyl (C=O) groups is 1. The van der Waals surface area contributed by atoms with Gasteiger partial charge in [-0.25, -0.2) is 0 Å². The van der Waals surface area contributed by atoms with Crippen LogP contribution in [-0.4, -0.2) is 28.5 Å². The molecule has 0 saturated carbocycles. The SMILES string of the molecule is CC1CN(C(=O)c2cc(N)cn2C)CC1C. The predicted molar refractivity (Wildman–Crippen MR) is 64.1 cm³/mol. The van der Waals surface area contributed by atoms with Gasteiger partial charge >= 0.3 is 0 Å². The van der Waals surface area contributed by atoms with Crippen LogP contribution in [0.4, 0.5) is 5.69 Å². The van der Waals surface area contributed by atoms with Gasteiger partial charge in [0.25, 0.3) is 5.91 Å². The van der Waals surface area contributed by atoms with Crippen LogP contribution >= 0.6 is 0 Å². The van der Waals surface area contributed by atoms with E-state index in [4.69, 9.17) is 5.73 Å². The number of anilines is 1. The predicted octanol–water partition coefficient (Wildman–Crippen LogP) is 1.34. The minimum absolute atomic E-state index is 0.0930. The fourth-order valence-corrected chi connectivity index (χ4v) is 2.26. The molecule has 2 rings (SSSR count). The van der Waals surface area contributed by atoms with Crippen molar-refractivity contribution in [2.75, 3.05) is 18.8 Å². The Bertz CT molecular complexity index is 400. The lowest BCUT2D eigenvalue weighted by Gasteiger charge is -2.16. The smallest absolute Gasteiger partial charge is 0.270 e. The summed E-state index contributed by atoms with van der Waals surface area (Å²) in [5.41, 5.74) is 7.00. The molecule has 1 aromatic rings. The molecule has 1 saturated heterocycles. The molecule has 4 heteroatoms. The first-order valence-corrected chi connectivity index (χ1v) is 5.70.